The third-order valence-electron chi connectivity index (χ3n) is 2.46. The Labute approximate surface area is 126 Å². The van der Waals surface area contributed by atoms with Crippen LogP contribution >= 0.6 is 11.6 Å². The Hall–Kier alpha value is -1.18. The van der Waals surface area contributed by atoms with Crippen molar-refractivity contribution >= 4 is 11.6 Å². The lowest BCUT2D eigenvalue weighted by molar-refractivity contribution is -0.325. The van der Waals surface area contributed by atoms with E-state index in [0.717, 1.165) is 12.1 Å². The van der Waals surface area contributed by atoms with Gasteiger partial charge in [-0.25, -0.2) is 0 Å². The standard InChI is InChI=1S/C13H17ClF3NO3/c1-3-18-8-9-6-10(14)12(11(7-9)19-2)20-4-5-21-13(15,16)17/h6-7,18H,3-5,8H2,1-2H3. The van der Waals surface area contributed by atoms with Gasteiger partial charge in [0.05, 0.1) is 18.7 Å². The van der Waals surface area contributed by atoms with E-state index in [-0.39, 0.29) is 17.4 Å². The molecule has 0 fully saturated rings. The minimum Gasteiger partial charge on any atom is -0.493 e. The van der Waals surface area contributed by atoms with Crippen molar-refractivity contribution in [2.45, 2.75) is 19.8 Å². The van der Waals surface area contributed by atoms with Crippen LogP contribution in [0.3, 0.4) is 0 Å². The van der Waals surface area contributed by atoms with Gasteiger partial charge in [0, 0.05) is 6.54 Å². The highest BCUT2D eigenvalue weighted by Crippen LogP contribution is 2.36. The second kappa shape index (κ2) is 8.31. The number of methoxy groups -OCH3 is 1. The Morgan fingerprint density at radius 3 is 2.52 bits per heavy atom. The summed E-state index contributed by atoms with van der Waals surface area (Å²) in [5, 5.41) is 3.40. The van der Waals surface area contributed by atoms with Crippen LogP contribution in [0.2, 0.25) is 5.02 Å². The molecule has 1 rings (SSSR count). The summed E-state index contributed by atoms with van der Waals surface area (Å²) >= 11 is 6.07. The molecule has 21 heavy (non-hydrogen) atoms. The molecule has 0 radical (unpaired) electrons. The molecule has 0 heterocycles. The topological polar surface area (TPSA) is 39.7 Å². The predicted molar refractivity (Wildman–Crippen MR) is 72.9 cm³/mol. The predicted octanol–water partition coefficient (Wildman–Crippen LogP) is 3.37. The average molecular weight is 328 g/mol. The zero-order valence-electron chi connectivity index (χ0n) is 11.7. The Morgan fingerprint density at radius 2 is 1.95 bits per heavy atom. The first-order chi connectivity index (χ1) is 9.87. The van der Waals surface area contributed by atoms with Crippen LogP contribution in [0.4, 0.5) is 13.2 Å². The molecule has 0 spiro atoms. The van der Waals surface area contributed by atoms with E-state index < -0.39 is 13.0 Å². The van der Waals surface area contributed by atoms with Gasteiger partial charge in [0.25, 0.3) is 0 Å². The Kier molecular flexibility index (Phi) is 7.07. The van der Waals surface area contributed by atoms with Crippen molar-refractivity contribution in [3.8, 4) is 11.5 Å². The van der Waals surface area contributed by atoms with E-state index in [1.54, 1.807) is 12.1 Å². The molecule has 0 bridgehead atoms. The summed E-state index contributed by atoms with van der Waals surface area (Å²) in [6, 6.07) is 3.39. The van der Waals surface area contributed by atoms with Crippen LogP contribution in [-0.4, -0.2) is 33.2 Å². The Bertz CT molecular complexity index is 455. The van der Waals surface area contributed by atoms with E-state index in [0.29, 0.717) is 12.3 Å². The molecule has 0 aliphatic rings. The van der Waals surface area contributed by atoms with E-state index in [9.17, 15) is 13.2 Å². The van der Waals surface area contributed by atoms with Gasteiger partial charge in [0.15, 0.2) is 11.5 Å². The summed E-state index contributed by atoms with van der Waals surface area (Å²) in [4.78, 5) is 0. The number of halogens is 4. The SMILES string of the molecule is CCNCc1cc(Cl)c(OCCOC(F)(F)F)c(OC)c1. The normalized spacial score (nSPS) is 11.5. The van der Waals surface area contributed by atoms with Gasteiger partial charge < -0.3 is 14.8 Å². The quantitative estimate of drug-likeness (QED) is 0.743. The first kappa shape index (κ1) is 17.9. The lowest BCUT2D eigenvalue weighted by Gasteiger charge is -2.15. The number of rotatable bonds is 8. The van der Waals surface area contributed by atoms with Gasteiger partial charge in [-0.3, -0.25) is 4.74 Å². The van der Waals surface area contributed by atoms with Crippen molar-refractivity contribution in [2.24, 2.45) is 0 Å². The maximum Gasteiger partial charge on any atom is 0.522 e. The summed E-state index contributed by atoms with van der Waals surface area (Å²) in [6.07, 6.45) is -4.67. The van der Waals surface area contributed by atoms with E-state index in [2.05, 4.69) is 10.1 Å². The fourth-order valence-electron chi connectivity index (χ4n) is 1.59. The Morgan fingerprint density at radius 1 is 1.24 bits per heavy atom. The molecule has 0 unspecified atom stereocenters. The van der Waals surface area contributed by atoms with Crippen LogP contribution in [0.15, 0.2) is 12.1 Å². The van der Waals surface area contributed by atoms with Gasteiger partial charge in [-0.05, 0) is 24.2 Å². The molecule has 0 saturated carbocycles. The number of hydrogen-bond donors (Lipinski definition) is 1. The minimum atomic E-state index is -4.67. The lowest BCUT2D eigenvalue weighted by atomic mass is 10.2. The van der Waals surface area contributed by atoms with Gasteiger partial charge in [0.2, 0.25) is 0 Å². The molecule has 4 nitrogen and oxygen atoms in total. The smallest absolute Gasteiger partial charge is 0.493 e. The van der Waals surface area contributed by atoms with E-state index in [1.165, 1.54) is 7.11 Å². The lowest BCUT2D eigenvalue weighted by Crippen LogP contribution is -2.18. The van der Waals surface area contributed by atoms with Crippen LogP contribution in [0.25, 0.3) is 0 Å². The average Bonchev–Trinajstić information content (AvgIpc) is 2.41. The van der Waals surface area contributed by atoms with Crippen LogP contribution in [0.5, 0.6) is 11.5 Å². The molecule has 1 aromatic carbocycles. The molecule has 0 amide bonds. The fraction of sp³-hybridized carbons (Fsp3) is 0.538. The number of benzene rings is 1. The minimum absolute atomic E-state index is 0.199. The zero-order chi connectivity index (χ0) is 15.9. The van der Waals surface area contributed by atoms with Gasteiger partial charge in [-0.15, -0.1) is 13.2 Å². The highest BCUT2D eigenvalue weighted by atomic mass is 35.5. The number of hydrogen-bond acceptors (Lipinski definition) is 4. The van der Waals surface area contributed by atoms with Crippen molar-refractivity contribution in [1.29, 1.82) is 0 Å². The molecule has 0 aliphatic heterocycles. The van der Waals surface area contributed by atoms with Crippen molar-refractivity contribution in [3.63, 3.8) is 0 Å². The summed E-state index contributed by atoms with van der Waals surface area (Å²) in [7, 11) is 1.43. The van der Waals surface area contributed by atoms with E-state index >= 15 is 0 Å². The Balaban J connectivity index is 2.68. The first-order valence-electron chi connectivity index (χ1n) is 6.28. The molecule has 1 N–H and O–H groups in total. The second-order valence-corrected chi connectivity index (χ2v) is 4.44. The molecule has 0 saturated heterocycles. The summed E-state index contributed by atoms with van der Waals surface area (Å²) in [5.41, 5.74) is 0.887. The molecule has 8 heteroatoms. The molecule has 120 valence electrons. The molecule has 0 aliphatic carbocycles. The van der Waals surface area contributed by atoms with Crippen LogP contribution in [-0.2, 0) is 11.3 Å². The summed E-state index contributed by atoms with van der Waals surface area (Å²) < 4.78 is 49.5. The molecule has 1 aromatic rings. The second-order valence-electron chi connectivity index (χ2n) is 4.03. The van der Waals surface area contributed by atoms with Gasteiger partial charge in [-0.1, -0.05) is 18.5 Å². The van der Waals surface area contributed by atoms with E-state index in [4.69, 9.17) is 21.1 Å². The maximum absolute atomic E-state index is 11.8. The summed E-state index contributed by atoms with van der Waals surface area (Å²) in [6.45, 7) is 2.46. The molecular formula is C13H17ClF3NO3. The third kappa shape index (κ3) is 6.41. The monoisotopic (exact) mass is 327 g/mol. The highest BCUT2D eigenvalue weighted by molar-refractivity contribution is 6.32. The van der Waals surface area contributed by atoms with Crippen molar-refractivity contribution in [2.75, 3.05) is 26.9 Å². The van der Waals surface area contributed by atoms with Crippen molar-refractivity contribution < 1.29 is 27.4 Å². The van der Waals surface area contributed by atoms with Gasteiger partial charge in [0.1, 0.15) is 6.61 Å². The van der Waals surface area contributed by atoms with E-state index in [1.807, 2.05) is 6.92 Å². The molecule has 0 atom stereocenters. The zero-order valence-corrected chi connectivity index (χ0v) is 12.5. The van der Waals surface area contributed by atoms with Crippen LogP contribution < -0.4 is 14.8 Å². The number of alkyl halides is 3. The first-order valence-corrected chi connectivity index (χ1v) is 6.65. The van der Waals surface area contributed by atoms with Crippen molar-refractivity contribution in [1.82, 2.24) is 5.32 Å². The number of ether oxygens (including phenoxy) is 3. The largest absolute Gasteiger partial charge is 0.522 e. The van der Waals surface area contributed by atoms with Crippen LogP contribution in [0.1, 0.15) is 12.5 Å². The van der Waals surface area contributed by atoms with Gasteiger partial charge >= 0.3 is 6.36 Å². The third-order valence-corrected chi connectivity index (χ3v) is 2.74. The molecular weight excluding hydrogens is 311 g/mol. The van der Waals surface area contributed by atoms with Crippen molar-refractivity contribution in [3.05, 3.63) is 22.7 Å². The fourth-order valence-corrected chi connectivity index (χ4v) is 1.87. The van der Waals surface area contributed by atoms with Gasteiger partial charge in [-0.2, -0.15) is 0 Å². The maximum atomic E-state index is 11.8. The van der Waals surface area contributed by atoms with Crippen LogP contribution in [0, 0.1) is 0 Å². The highest BCUT2D eigenvalue weighted by Gasteiger charge is 2.28. The number of nitrogens with one attached hydrogen (secondary N) is 1. The summed E-state index contributed by atoms with van der Waals surface area (Å²) in [5.74, 6) is 0.563. The molecule has 0 aromatic heterocycles.